The van der Waals surface area contributed by atoms with Crippen molar-refractivity contribution in [3.8, 4) is 21.9 Å². The summed E-state index contributed by atoms with van der Waals surface area (Å²) in [6.07, 6.45) is 0. The maximum Gasteiger partial charge on any atom is 0.277 e. The normalized spacial score (nSPS) is 10.7. The van der Waals surface area contributed by atoms with Crippen molar-refractivity contribution in [3.05, 3.63) is 28.9 Å². The number of hydrogen-bond acceptors (Lipinski definition) is 5. The van der Waals surface area contributed by atoms with Crippen molar-refractivity contribution in [1.29, 1.82) is 0 Å². The molecule has 5 nitrogen and oxygen atoms in total. The first-order chi connectivity index (χ1) is 9.96. The third-order valence-electron chi connectivity index (χ3n) is 3.02. The minimum Gasteiger partial charge on any atom is -0.497 e. The summed E-state index contributed by atoms with van der Waals surface area (Å²) in [7, 11) is 3.20. The van der Waals surface area contributed by atoms with Crippen molar-refractivity contribution < 1.29 is 14.3 Å². The van der Waals surface area contributed by atoms with E-state index >= 15 is 0 Å². The predicted octanol–water partition coefficient (Wildman–Crippen LogP) is 3.05. The molecule has 0 aliphatic rings. The summed E-state index contributed by atoms with van der Waals surface area (Å²) in [6, 6.07) is 5.59. The summed E-state index contributed by atoms with van der Waals surface area (Å²) in [5.41, 5.74) is 7.10. The Morgan fingerprint density at radius 2 is 1.76 bits per heavy atom. The Bertz CT molecular complexity index is 643. The van der Waals surface area contributed by atoms with Crippen LogP contribution in [0.25, 0.3) is 10.4 Å². The number of carbonyl (C=O) groups is 1. The van der Waals surface area contributed by atoms with Gasteiger partial charge in [-0.15, -0.1) is 11.3 Å². The molecule has 6 heteroatoms. The summed E-state index contributed by atoms with van der Waals surface area (Å²) in [5.74, 6) is 1.05. The number of rotatable bonds is 5. The molecule has 0 radical (unpaired) electrons. The van der Waals surface area contributed by atoms with Gasteiger partial charge in [-0.2, -0.15) is 0 Å². The highest BCUT2D eigenvalue weighted by molar-refractivity contribution is 7.17. The summed E-state index contributed by atoms with van der Waals surface area (Å²) < 4.78 is 10.6. The molecular weight excluding hydrogens is 288 g/mol. The van der Waals surface area contributed by atoms with Crippen molar-refractivity contribution in [3.63, 3.8) is 0 Å². The first kappa shape index (κ1) is 15.3. The molecule has 1 amide bonds. The van der Waals surface area contributed by atoms with Crippen molar-refractivity contribution >= 4 is 17.2 Å². The molecule has 0 saturated carbocycles. The van der Waals surface area contributed by atoms with Gasteiger partial charge in [-0.1, -0.05) is 13.8 Å². The van der Waals surface area contributed by atoms with E-state index in [1.165, 1.54) is 11.3 Å². The van der Waals surface area contributed by atoms with Gasteiger partial charge in [0.2, 0.25) is 0 Å². The van der Waals surface area contributed by atoms with E-state index in [1.54, 1.807) is 20.3 Å². The second-order valence-corrected chi connectivity index (χ2v) is 5.85. The van der Waals surface area contributed by atoms with Crippen LogP contribution in [0.2, 0.25) is 0 Å². The zero-order chi connectivity index (χ0) is 15.6. The van der Waals surface area contributed by atoms with Crippen LogP contribution < -0.4 is 15.2 Å². The van der Waals surface area contributed by atoms with Gasteiger partial charge in [0.05, 0.1) is 24.8 Å². The topological polar surface area (TPSA) is 74.4 Å². The van der Waals surface area contributed by atoms with Gasteiger partial charge in [0.25, 0.3) is 5.91 Å². The van der Waals surface area contributed by atoms with E-state index in [-0.39, 0.29) is 5.92 Å². The lowest BCUT2D eigenvalue weighted by atomic mass is 10.0. The SMILES string of the molecule is COc1cc(OC)cc(-c2sc(C(N)=O)nc2C(C)C)c1. The molecule has 0 aliphatic heterocycles. The van der Waals surface area contributed by atoms with Gasteiger partial charge in [0.15, 0.2) is 5.01 Å². The molecule has 0 bridgehead atoms. The highest BCUT2D eigenvalue weighted by atomic mass is 32.1. The molecule has 0 saturated heterocycles. The van der Waals surface area contributed by atoms with Crippen LogP contribution in [0, 0.1) is 0 Å². The number of ether oxygens (including phenoxy) is 2. The second-order valence-electron chi connectivity index (χ2n) is 4.85. The molecule has 1 aromatic heterocycles. The third kappa shape index (κ3) is 3.16. The largest absolute Gasteiger partial charge is 0.497 e. The van der Waals surface area contributed by atoms with Crippen LogP contribution in [0.1, 0.15) is 35.3 Å². The fraction of sp³-hybridized carbons (Fsp3) is 0.333. The van der Waals surface area contributed by atoms with E-state index in [2.05, 4.69) is 4.98 Å². The predicted molar refractivity (Wildman–Crippen MR) is 83.3 cm³/mol. The highest BCUT2D eigenvalue weighted by Gasteiger charge is 2.19. The van der Waals surface area contributed by atoms with Crippen molar-refractivity contribution in [2.24, 2.45) is 5.73 Å². The minimum absolute atomic E-state index is 0.182. The number of benzene rings is 1. The van der Waals surface area contributed by atoms with Gasteiger partial charge < -0.3 is 15.2 Å². The molecular formula is C15H18N2O3S. The van der Waals surface area contributed by atoms with E-state index in [0.29, 0.717) is 16.5 Å². The van der Waals surface area contributed by atoms with E-state index < -0.39 is 5.91 Å². The maximum absolute atomic E-state index is 11.4. The van der Waals surface area contributed by atoms with Crippen molar-refractivity contribution in [1.82, 2.24) is 4.98 Å². The second kappa shape index (κ2) is 6.13. The number of thiazole rings is 1. The zero-order valence-corrected chi connectivity index (χ0v) is 13.3. The first-order valence-corrected chi connectivity index (χ1v) is 7.31. The molecule has 2 rings (SSSR count). The number of primary amides is 1. The smallest absolute Gasteiger partial charge is 0.277 e. The molecule has 0 fully saturated rings. The Balaban J connectivity index is 2.62. The number of carbonyl (C=O) groups excluding carboxylic acids is 1. The Kier molecular flexibility index (Phi) is 4.47. The molecule has 0 atom stereocenters. The fourth-order valence-electron chi connectivity index (χ4n) is 1.97. The number of nitrogens with two attached hydrogens (primary N) is 1. The van der Waals surface area contributed by atoms with Crippen LogP contribution in [0.15, 0.2) is 18.2 Å². The van der Waals surface area contributed by atoms with Gasteiger partial charge in [0, 0.05) is 11.6 Å². The third-order valence-corrected chi connectivity index (χ3v) is 4.16. The van der Waals surface area contributed by atoms with Crippen LogP contribution in [-0.4, -0.2) is 25.1 Å². The Morgan fingerprint density at radius 3 is 2.19 bits per heavy atom. The van der Waals surface area contributed by atoms with Crippen molar-refractivity contribution in [2.45, 2.75) is 19.8 Å². The quantitative estimate of drug-likeness (QED) is 0.921. The summed E-state index contributed by atoms with van der Waals surface area (Å²) in [6.45, 7) is 4.06. The van der Waals surface area contributed by atoms with Crippen LogP contribution in [0.5, 0.6) is 11.5 Å². The number of nitrogens with zero attached hydrogens (tertiary/aromatic N) is 1. The molecule has 0 spiro atoms. The number of amides is 1. The van der Waals surface area contributed by atoms with Gasteiger partial charge >= 0.3 is 0 Å². The lowest BCUT2D eigenvalue weighted by molar-refractivity contribution is 0.0999. The Hall–Kier alpha value is -2.08. The fourth-order valence-corrected chi connectivity index (χ4v) is 3.03. The number of methoxy groups -OCH3 is 2. The van der Waals surface area contributed by atoms with Gasteiger partial charge in [0.1, 0.15) is 11.5 Å². The van der Waals surface area contributed by atoms with Crippen molar-refractivity contribution in [2.75, 3.05) is 14.2 Å². The van der Waals surface area contributed by atoms with Gasteiger partial charge in [-0.3, -0.25) is 4.79 Å². The number of hydrogen-bond donors (Lipinski definition) is 1. The summed E-state index contributed by atoms with van der Waals surface area (Å²) >= 11 is 1.29. The number of aromatic nitrogens is 1. The molecule has 0 aliphatic carbocycles. The van der Waals surface area contributed by atoms with E-state index in [9.17, 15) is 4.79 Å². The summed E-state index contributed by atoms with van der Waals surface area (Å²) in [4.78, 5) is 16.7. The molecule has 1 heterocycles. The zero-order valence-electron chi connectivity index (χ0n) is 12.5. The minimum atomic E-state index is -0.511. The van der Waals surface area contributed by atoms with Crippen LogP contribution in [0.4, 0.5) is 0 Å². The standard InChI is InChI=1S/C15H18N2O3S/c1-8(2)12-13(21-15(17-12)14(16)18)9-5-10(19-3)7-11(6-9)20-4/h5-8H,1-4H3,(H2,16,18). The lowest BCUT2D eigenvalue weighted by Crippen LogP contribution is -2.10. The average Bonchev–Trinajstić information content (AvgIpc) is 2.92. The Labute approximate surface area is 127 Å². The average molecular weight is 306 g/mol. The van der Waals surface area contributed by atoms with Crippen LogP contribution >= 0.6 is 11.3 Å². The van der Waals surface area contributed by atoms with E-state index in [1.807, 2.05) is 26.0 Å². The molecule has 21 heavy (non-hydrogen) atoms. The summed E-state index contributed by atoms with van der Waals surface area (Å²) in [5, 5.41) is 0.315. The monoisotopic (exact) mass is 306 g/mol. The molecule has 2 aromatic rings. The van der Waals surface area contributed by atoms with E-state index in [4.69, 9.17) is 15.2 Å². The van der Waals surface area contributed by atoms with Gasteiger partial charge in [-0.25, -0.2) is 4.98 Å². The highest BCUT2D eigenvalue weighted by Crippen LogP contribution is 2.38. The molecule has 112 valence electrons. The van der Waals surface area contributed by atoms with E-state index in [0.717, 1.165) is 16.1 Å². The molecule has 2 N–H and O–H groups in total. The lowest BCUT2D eigenvalue weighted by Gasteiger charge is -2.09. The molecule has 1 aromatic carbocycles. The van der Waals surface area contributed by atoms with Crippen LogP contribution in [0.3, 0.4) is 0 Å². The Morgan fingerprint density at radius 1 is 1.19 bits per heavy atom. The maximum atomic E-state index is 11.4. The first-order valence-electron chi connectivity index (χ1n) is 6.50. The van der Waals surface area contributed by atoms with Gasteiger partial charge in [-0.05, 0) is 18.1 Å². The van der Waals surface area contributed by atoms with Crippen LogP contribution in [-0.2, 0) is 0 Å². The molecule has 0 unspecified atom stereocenters.